The van der Waals surface area contributed by atoms with Crippen molar-refractivity contribution >= 4 is 29.1 Å². The predicted octanol–water partition coefficient (Wildman–Crippen LogP) is 1.71. The van der Waals surface area contributed by atoms with Crippen LogP contribution in [0, 0.1) is 0 Å². The van der Waals surface area contributed by atoms with E-state index >= 15 is 0 Å². The molecule has 1 aliphatic rings. The number of hydrogen-bond donors (Lipinski definition) is 0. The molecule has 1 atom stereocenters. The summed E-state index contributed by atoms with van der Waals surface area (Å²) in [5.74, 6) is -0.224. The highest BCUT2D eigenvalue weighted by Gasteiger charge is 2.33. The first-order chi connectivity index (χ1) is 7.11. The fourth-order valence-electron chi connectivity index (χ4n) is 1.56. The Labute approximate surface area is 92.5 Å². The quantitative estimate of drug-likeness (QED) is 0.677. The monoisotopic (exact) mass is 221 g/mol. The van der Waals surface area contributed by atoms with Gasteiger partial charge in [-0.15, -0.1) is 11.8 Å². The Morgan fingerprint density at radius 2 is 2.07 bits per heavy atom. The Hall–Kier alpha value is -1.29. The molecule has 1 amide bonds. The van der Waals surface area contributed by atoms with Crippen molar-refractivity contribution in [3.05, 3.63) is 24.3 Å². The van der Waals surface area contributed by atoms with Crippen LogP contribution in [0.25, 0.3) is 0 Å². The molecule has 1 unspecified atom stereocenters. The van der Waals surface area contributed by atoms with Crippen LogP contribution in [0.2, 0.25) is 0 Å². The Bertz CT molecular complexity index is 430. The third-order valence-electron chi connectivity index (χ3n) is 2.40. The van der Waals surface area contributed by atoms with Crippen LogP contribution in [-0.4, -0.2) is 24.0 Å². The number of amides is 1. The van der Waals surface area contributed by atoms with Crippen molar-refractivity contribution in [2.45, 2.75) is 17.1 Å². The lowest BCUT2D eigenvalue weighted by Crippen LogP contribution is -2.41. The number of thioether (sulfide) groups is 1. The van der Waals surface area contributed by atoms with E-state index in [0.717, 1.165) is 10.6 Å². The molecule has 0 aromatic heterocycles. The van der Waals surface area contributed by atoms with Crippen LogP contribution in [0.3, 0.4) is 0 Å². The largest absolute Gasteiger partial charge is 0.313 e. The molecule has 0 bridgehead atoms. The van der Waals surface area contributed by atoms with E-state index in [1.165, 1.54) is 18.7 Å². The zero-order valence-electron chi connectivity index (χ0n) is 8.56. The van der Waals surface area contributed by atoms with E-state index in [1.54, 1.807) is 11.9 Å². The lowest BCUT2D eigenvalue weighted by atomic mass is 10.2. The van der Waals surface area contributed by atoms with Crippen molar-refractivity contribution in [1.82, 2.24) is 0 Å². The van der Waals surface area contributed by atoms with E-state index in [2.05, 4.69) is 0 Å². The number of carbonyl (C=O) groups excluding carboxylic acids is 2. The number of fused-ring (bicyclic) bond motifs is 1. The number of carbonyl (C=O) groups is 2. The maximum atomic E-state index is 11.8. The average Bonchev–Trinajstić information content (AvgIpc) is 2.23. The van der Waals surface area contributed by atoms with Crippen LogP contribution in [0.15, 0.2) is 29.2 Å². The first-order valence-corrected chi connectivity index (χ1v) is 5.53. The Kier molecular flexibility index (Phi) is 2.52. The van der Waals surface area contributed by atoms with Crippen LogP contribution >= 0.6 is 11.8 Å². The highest BCUT2D eigenvalue weighted by atomic mass is 32.2. The summed E-state index contributed by atoms with van der Waals surface area (Å²) in [5, 5.41) is -0.579. The molecule has 0 saturated carbocycles. The Balaban J connectivity index is 2.45. The third-order valence-corrected chi connectivity index (χ3v) is 3.76. The van der Waals surface area contributed by atoms with Gasteiger partial charge >= 0.3 is 0 Å². The normalized spacial score (nSPS) is 20.0. The SMILES string of the molecule is CC(=O)C1Sc2ccccc2N(C)C1=O. The standard InChI is InChI=1S/C11H11NO2S/c1-7(13)10-11(14)12(2)8-5-3-4-6-9(8)15-10/h3-6,10H,1-2H3. The van der Waals surface area contributed by atoms with Gasteiger partial charge in [-0.1, -0.05) is 12.1 Å². The Morgan fingerprint density at radius 3 is 2.73 bits per heavy atom. The topological polar surface area (TPSA) is 37.4 Å². The summed E-state index contributed by atoms with van der Waals surface area (Å²) < 4.78 is 0. The Morgan fingerprint density at radius 1 is 1.40 bits per heavy atom. The van der Waals surface area contributed by atoms with Gasteiger partial charge in [0.05, 0.1) is 5.69 Å². The minimum Gasteiger partial charge on any atom is -0.313 e. The highest BCUT2D eigenvalue weighted by Crippen LogP contribution is 2.38. The van der Waals surface area contributed by atoms with Gasteiger partial charge in [0.25, 0.3) is 0 Å². The van der Waals surface area contributed by atoms with Crippen LogP contribution in [-0.2, 0) is 9.59 Å². The lowest BCUT2D eigenvalue weighted by molar-refractivity contribution is -0.124. The second-order valence-electron chi connectivity index (χ2n) is 3.47. The highest BCUT2D eigenvalue weighted by molar-refractivity contribution is 8.01. The fourth-order valence-corrected chi connectivity index (χ4v) is 2.72. The number of benzene rings is 1. The molecular weight excluding hydrogens is 210 g/mol. The summed E-state index contributed by atoms with van der Waals surface area (Å²) in [4.78, 5) is 25.6. The summed E-state index contributed by atoms with van der Waals surface area (Å²) >= 11 is 1.34. The second-order valence-corrected chi connectivity index (χ2v) is 4.62. The summed E-state index contributed by atoms with van der Waals surface area (Å²) in [6.07, 6.45) is 0. The van der Waals surface area contributed by atoms with Crippen molar-refractivity contribution in [1.29, 1.82) is 0 Å². The van der Waals surface area contributed by atoms with Crippen LogP contribution in [0.4, 0.5) is 5.69 Å². The number of ketones is 1. The third kappa shape index (κ3) is 1.65. The molecule has 4 heteroatoms. The van der Waals surface area contributed by atoms with Crippen molar-refractivity contribution in [2.75, 3.05) is 11.9 Å². The number of rotatable bonds is 1. The van der Waals surface area contributed by atoms with E-state index in [0.29, 0.717) is 0 Å². The molecule has 2 rings (SSSR count). The number of hydrogen-bond acceptors (Lipinski definition) is 3. The van der Waals surface area contributed by atoms with E-state index in [4.69, 9.17) is 0 Å². The molecule has 3 nitrogen and oxygen atoms in total. The summed E-state index contributed by atoms with van der Waals surface area (Å²) in [7, 11) is 1.71. The first-order valence-electron chi connectivity index (χ1n) is 4.65. The van der Waals surface area contributed by atoms with E-state index in [1.807, 2.05) is 24.3 Å². The van der Waals surface area contributed by atoms with Gasteiger partial charge in [-0.05, 0) is 19.1 Å². The molecule has 1 aliphatic heterocycles. The number of nitrogens with zero attached hydrogens (tertiary/aromatic N) is 1. The van der Waals surface area contributed by atoms with Gasteiger partial charge in [0, 0.05) is 11.9 Å². The molecule has 0 N–H and O–H groups in total. The predicted molar refractivity (Wildman–Crippen MR) is 60.2 cm³/mol. The molecule has 0 spiro atoms. The van der Waals surface area contributed by atoms with E-state index < -0.39 is 5.25 Å². The number of Topliss-reactive ketones (excluding diaryl/α,β-unsaturated/α-hetero) is 1. The fraction of sp³-hybridized carbons (Fsp3) is 0.273. The van der Waals surface area contributed by atoms with Gasteiger partial charge in [0.2, 0.25) is 5.91 Å². The maximum Gasteiger partial charge on any atom is 0.247 e. The van der Waals surface area contributed by atoms with Crippen molar-refractivity contribution in [2.24, 2.45) is 0 Å². The second kappa shape index (κ2) is 3.70. The molecule has 1 aromatic rings. The number of anilines is 1. The molecule has 0 aliphatic carbocycles. The van der Waals surface area contributed by atoms with E-state index in [-0.39, 0.29) is 11.7 Å². The molecule has 1 heterocycles. The molecule has 1 aromatic carbocycles. The van der Waals surface area contributed by atoms with Crippen molar-refractivity contribution in [3.8, 4) is 0 Å². The molecule has 0 radical (unpaired) electrons. The number of para-hydroxylation sites is 1. The average molecular weight is 221 g/mol. The van der Waals surface area contributed by atoms with Gasteiger partial charge in [0.1, 0.15) is 5.25 Å². The molecule has 0 fully saturated rings. The molecule has 15 heavy (non-hydrogen) atoms. The summed E-state index contributed by atoms with van der Waals surface area (Å²) in [5.41, 5.74) is 0.880. The molecule has 78 valence electrons. The van der Waals surface area contributed by atoms with Gasteiger partial charge in [-0.2, -0.15) is 0 Å². The minimum absolute atomic E-state index is 0.0913. The van der Waals surface area contributed by atoms with E-state index in [9.17, 15) is 9.59 Å². The van der Waals surface area contributed by atoms with Gasteiger partial charge < -0.3 is 4.90 Å². The maximum absolute atomic E-state index is 11.8. The minimum atomic E-state index is -0.579. The van der Waals surface area contributed by atoms with Gasteiger partial charge in [-0.3, -0.25) is 9.59 Å². The van der Waals surface area contributed by atoms with Gasteiger partial charge in [-0.25, -0.2) is 0 Å². The smallest absolute Gasteiger partial charge is 0.247 e. The zero-order chi connectivity index (χ0) is 11.0. The van der Waals surface area contributed by atoms with Crippen LogP contribution in [0.5, 0.6) is 0 Å². The first kappa shape index (κ1) is 10.2. The van der Waals surface area contributed by atoms with Gasteiger partial charge in [0.15, 0.2) is 5.78 Å². The summed E-state index contributed by atoms with van der Waals surface area (Å²) in [6.45, 7) is 1.46. The van der Waals surface area contributed by atoms with Crippen molar-refractivity contribution in [3.63, 3.8) is 0 Å². The zero-order valence-corrected chi connectivity index (χ0v) is 9.38. The van der Waals surface area contributed by atoms with Crippen LogP contribution < -0.4 is 4.90 Å². The van der Waals surface area contributed by atoms with Crippen LogP contribution in [0.1, 0.15) is 6.92 Å². The lowest BCUT2D eigenvalue weighted by Gasteiger charge is -2.29. The molecular formula is C11H11NO2S. The molecule has 0 saturated heterocycles. The summed E-state index contributed by atoms with van der Waals surface area (Å²) in [6, 6.07) is 7.61. The van der Waals surface area contributed by atoms with Crippen molar-refractivity contribution < 1.29 is 9.59 Å².